The third-order valence-corrected chi connectivity index (χ3v) is 4.61. The van der Waals surface area contributed by atoms with Gasteiger partial charge in [0.25, 0.3) is 0 Å². The summed E-state index contributed by atoms with van der Waals surface area (Å²) in [4.78, 5) is 19.8. The van der Waals surface area contributed by atoms with E-state index in [2.05, 4.69) is 23.8 Å². The van der Waals surface area contributed by atoms with Gasteiger partial charge in [-0.1, -0.05) is 13.8 Å². The van der Waals surface area contributed by atoms with Crippen LogP contribution in [0.1, 0.15) is 40.8 Å². The maximum atomic E-state index is 11.1. The largest absolute Gasteiger partial charge is 0.544 e. The number of carboxylic acids is 1. The number of benzene rings is 1. The molecule has 0 N–H and O–H groups in total. The van der Waals surface area contributed by atoms with Crippen LogP contribution in [0.4, 0.5) is 0 Å². The number of aromatic carboxylic acids is 1. The molecular weight excluding hydrogens is 312 g/mol. The van der Waals surface area contributed by atoms with Crippen molar-refractivity contribution >= 4 is 23.5 Å². The third kappa shape index (κ3) is 3.42. The van der Waals surface area contributed by atoms with E-state index in [9.17, 15) is 9.90 Å². The minimum Gasteiger partial charge on any atom is -0.544 e. The summed E-state index contributed by atoms with van der Waals surface area (Å²) in [7, 11) is 0. The monoisotopic (exact) mass is 329 g/mol. The van der Waals surface area contributed by atoms with E-state index in [1.165, 1.54) is 0 Å². The lowest BCUT2D eigenvalue weighted by molar-refractivity contribution is -0.254. The van der Waals surface area contributed by atoms with E-state index in [0.29, 0.717) is 23.2 Å². The fourth-order valence-corrected chi connectivity index (χ4v) is 3.11. The molecule has 6 heteroatoms. The van der Waals surface area contributed by atoms with E-state index in [1.54, 1.807) is 6.92 Å². The molecule has 1 aliphatic rings. The lowest BCUT2D eigenvalue weighted by atomic mass is 10.1. The first-order chi connectivity index (χ1) is 11.0. The summed E-state index contributed by atoms with van der Waals surface area (Å²) in [6.07, 6.45) is 1.86. The van der Waals surface area contributed by atoms with Gasteiger partial charge in [-0.25, -0.2) is 4.98 Å². The van der Waals surface area contributed by atoms with Gasteiger partial charge in [-0.3, -0.25) is 4.99 Å². The van der Waals surface area contributed by atoms with Gasteiger partial charge in [0.1, 0.15) is 16.8 Å². The van der Waals surface area contributed by atoms with E-state index >= 15 is 0 Å². The van der Waals surface area contributed by atoms with E-state index < -0.39 is 5.97 Å². The van der Waals surface area contributed by atoms with Crippen LogP contribution < -0.4 is 9.84 Å². The van der Waals surface area contributed by atoms with Crippen molar-refractivity contribution in [3.05, 3.63) is 34.3 Å². The lowest BCUT2D eigenvalue weighted by Gasteiger charge is -2.13. The summed E-state index contributed by atoms with van der Waals surface area (Å²) < 4.78 is 5.86. The number of hydrogen-bond donors (Lipinski definition) is 0. The Kier molecular flexibility index (Phi) is 4.17. The first-order valence-corrected chi connectivity index (χ1v) is 8.26. The molecule has 120 valence electrons. The molecular formula is C17H17N2O3S-. The van der Waals surface area contributed by atoms with Crippen molar-refractivity contribution in [1.82, 2.24) is 4.98 Å². The van der Waals surface area contributed by atoms with Crippen molar-refractivity contribution in [2.45, 2.75) is 26.8 Å². The summed E-state index contributed by atoms with van der Waals surface area (Å²) in [6.45, 7) is 6.52. The van der Waals surface area contributed by atoms with Crippen LogP contribution in [0.2, 0.25) is 0 Å². The molecule has 0 saturated carbocycles. The summed E-state index contributed by atoms with van der Waals surface area (Å²) in [5, 5.41) is 11.7. The second-order valence-corrected chi connectivity index (χ2v) is 6.92. The highest BCUT2D eigenvalue weighted by molar-refractivity contribution is 7.17. The molecule has 0 radical (unpaired) electrons. The maximum Gasteiger partial charge on any atom is 0.125 e. The minimum atomic E-state index is -1.19. The normalized spacial score (nSPS) is 15.9. The average molecular weight is 329 g/mol. The number of thiazole rings is 1. The van der Waals surface area contributed by atoms with Gasteiger partial charge in [0, 0.05) is 17.3 Å². The number of hydrogen-bond acceptors (Lipinski definition) is 6. The van der Waals surface area contributed by atoms with Gasteiger partial charge < -0.3 is 14.6 Å². The van der Waals surface area contributed by atoms with Crippen LogP contribution in [0.25, 0.3) is 10.6 Å². The molecule has 1 aliphatic heterocycles. The number of nitrogens with zero attached hydrogens (tertiary/aromatic N) is 2. The summed E-state index contributed by atoms with van der Waals surface area (Å²) in [6, 6.07) is 5.84. The zero-order chi connectivity index (χ0) is 16.6. The Balaban J connectivity index is 1.93. The Morgan fingerprint density at radius 2 is 2.17 bits per heavy atom. The van der Waals surface area contributed by atoms with Gasteiger partial charge in [0.05, 0.1) is 23.1 Å². The summed E-state index contributed by atoms with van der Waals surface area (Å²) >= 11 is 1.13. The van der Waals surface area contributed by atoms with Gasteiger partial charge in [0.15, 0.2) is 0 Å². The molecule has 23 heavy (non-hydrogen) atoms. The molecule has 0 saturated heterocycles. The van der Waals surface area contributed by atoms with E-state index in [0.717, 1.165) is 28.2 Å². The van der Waals surface area contributed by atoms with Gasteiger partial charge in [-0.05, 0) is 31.0 Å². The molecule has 1 unspecified atom stereocenters. The number of carbonyl (C=O) groups excluding carboxylic acids is 1. The van der Waals surface area contributed by atoms with E-state index in [1.807, 2.05) is 24.4 Å². The van der Waals surface area contributed by atoms with Crippen molar-refractivity contribution in [2.75, 3.05) is 6.61 Å². The number of rotatable bonds is 6. The Hall–Kier alpha value is -2.21. The molecule has 1 atom stereocenters. The Bertz CT molecular complexity index is 774. The highest BCUT2D eigenvalue weighted by Crippen LogP contribution is 2.37. The third-order valence-electron chi connectivity index (χ3n) is 3.43. The highest BCUT2D eigenvalue weighted by Gasteiger charge is 2.22. The first kappa shape index (κ1) is 15.7. The molecule has 0 fully saturated rings. The number of aliphatic imine (C=N–C) groups is 1. The summed E-state index contributed by atoms with van der Waals surface area (Å²) in [5.74, 6) is 0.0714. The predicted octanol–water partition coefficient (Wildman–Crippen LogP) is 2.64. The Morgan fingerprint density at radius 1 is 1.43 bits per heavy atom. The maximum absolute atomic E-state index is 11.1. The number of ether oxygens (including phenoxy) is 1. The van der Waals surface area contributed by atoms with Crippen LogP contribution in [0.3, 0.4) is 0 Å². The van der Waals surface area contributed by atoms with Crippen LogP contribution in [-0.4, -0.2) is 23.8 Å². The second kappa shape index (κ2) is 6.12. The van der Waals surface area contributed by atoms with Crippen LogP contribution in [0.5, 0.6) is 5.75 Å². The lowest BCUT2D eigenvalue weighted by Crippen LogP contribution is -2.21. The van der Waals surface area contributed by atoms with Crippen molar-refractivity contribution < 1.29 is 14.6 Å². The second-order valence-electron chi connectivity index (χ2n) is 5.92. The molecule has 0 amide bonds. The molecule has 3 rings (SSSR count). The molecule has 1 aromatic carbocycles. The molecule has 5 nitrogen and oxygen atoms in total. The van der Waals surface area contributed by atoms with Crippen LogP contribution in [-0.2, 0) is 0 Å². The van der Waals surface area contributed by atoms with Gasteiger partial charge in [-0.2, -0.15) is 0 Å². The molecule has 0 bridgehead atoms. The zero-order valence-electron chi connectivity index (χ0n) is 13.2. The highest BCUT2D eigenvalue weighted by atomic mass is 32.1. The predicted molar refractivity (Wildman–Crippen MR) is 88.2 cm³/mol. The Morgan fingerprint density at radius 3 is 2.74 bits per heavy atom. The number of aromatic nitrogens is 1. The van der Waals surface area contributed by atoms with E-state index in [-0.39, 0.29) is 10.9 Å². The molecule has 0 spiro atoms. The molecule has 0 aliphatic carbocycles. The van der Waals surface area contributed by atoms with Crippen molar-refractivity contribution in [3.63, 3.8) is 0 Å². The zero-order valence-corrected chi connectivity index (χ0v) is 14.0. The Labute approximate surface area is 138 Å². The first-order valence-electron chi connectivity index (χ1n) is 7.45. The van der Waals surface area contributed by atoms with Crippen molar-refractivity contribution in [1.29, 1.82) is 0 Å². The number of carbonyl (C=O) groups is 1. The van der Waals surface area contributed by atoms with Crippen LogP contribution in [0.15, 0.2) is 23.2 Å². The summed E-state index contributed by atoms with van der Waals surface area (Å²) in [5.41, 5.74) is 2.34. The SMILES string of the molecule is Cc1nc(-c2ccc(OCC(C)C)c(C3C=N3)c2)sc1C(=O)[O-]. The van der Waals surface area contributed by atoms with Gasteiger partial charge in [0.2, 0.25) is 0 Å². The molecule has 2 heterocycles. The van der Waals surface area contributed by atoms with Gasteiger partial charge >= 0.3 is 0 Å². The molecule has 2 aromatic rings. The van der Waals surface area contributed by atoms with Crippen LogP contribution in [0, 0.1) is 12.8 Å². The number of aryl methyl sites for hydroxylation is 1. The topological polar surface area (TPSA) is 74.6 Å². The fourth-order valence-electron chi connectivity index (χ4n) is 2.21. The quantitative estimate of drug-likeness (QED) is 0.816. The fraction of sp³-hybridized carbons (Fsp3) is 0.353. The van der Waals surface area contributed by atoms with Gasteiger partial charge in [-0.15, -0.1) is 11.3 Å². The standard InChI is InChI=1S/C17H18N2O3S/c1-9(2)8-22-14-5-4-11(6-12(14)13-7-18-13)16-19-10(3)15(23-16)17(20)21/h4-7,9,13H,8H2,1-3H3,(H,20,21)/p-1. The van der Waals surface area contributed by atoms with Crippen LogP contribution >= 0.6 is 11.3 Å². The average Bonchev–Trinajstić information content (AvgIpc) is 3.27. The smallest absolute Gasteiger partial charge is 0.125 e. The molecule has 1 aromatic heterocycles. The number of carboxylic acid groups (broad SMARTS) is 1. The van der Waals surface area contributed by atoms with Crippen molar-refractivity contribution in [2.24, 2.45) is 10.9 Å². The minimum absolute atomic E-state index is 0.0544. The van der Waals surface area contributed by atoms with E-state index in [4.69, 9.17) is 4.74 Å². The van der Waals surface area contributed by atoms with Crippen molar-refractivity contribution in [3.8, 4) is 16.3 Å².